The fourth-order valence-corrected chi connectivity index (χ4v) is 2.29. The van der Waals surface area contributed by atoms with E-state index in [-0.39, 0.29) is 18.6 Å². The Hall–Kier alpha value is -1.35. The number of aliphatic hydroxyl groups is 1. The van der Waals surface area contributed by atoms with Crippen LogP contribution in [-0.4, -0.2) is 30.8 Å². The van der Waals surface area contributed by atoms with Crippen LogP contribution in [0.2, 0.25) is 0 Å². The lowest BCUT2D eigenvalue weighted by molar-refractivity contribution is -0.121. The van der Waals surface area contributed by atoms with Gasteiger partial charge in [-0.05, 0) is 24.8 Å². The summed E-state index contributed by atoms with van der Waals surface area (Å²) in [6.07, 6.45) is 1.75. The molecule has 0 aliphatic rings. The summed E-state index contributed by atoms with van der Waals surface area (Å²) in [6.45, 7) is 2.52. The number of carbonyl (C=O) groups excluding carboxylic acids is 1. The predicted molar refractivity (Wildman–Crippen MR) is 80.5 cm³/mol. The molecular formula is C15H21NO3S. The van der Waals surface area contributed by atoms with Crippen molar-refractivity contribution in [3.05, 3.63) is 21.9 Å². The smallest absolute Gasteiger partial charge is 0.220 e. The summed E-state index contributed by atoms with van der Waals surface area (Å²) < 4.78 is 5.11. The van der Waals surface area contributed by atoms with Gasteiger partial charge in [0, 0.05) is 30.4 Å². The summed E-state index contributed by atoms with van der Waals surface area (Å²) in [6, 6.07) is 1.93. The van der Waals surface area contributed by atoms with Crippen LogP contribution >= 0.6 is 11.3 Å². The largest absolute Gasteiger partial charge is 0.395 e. The number of rotatable bonds is 7. The van der Waals surface area contributed by atoms with Gasteiger partial charge in [0.15, 0.2) is 0 Å². The van der Waals surface area contributed by atoms with Gasteiger partial charge in [0.2, 0.25) is 5.91 Å². The summed E-state index contributed by atoms with van der Waals surface area (Å²) in [5, 5.41) is 13.5. The molecular weight excluding hydrogens is 274 g/mol. The monoisotopic (exact) mass is 295 g/mol. The maximum absolute atomic E-state index is 11.7. The lowest BCUT2D eigenvalue weighted by Gasteiger charge is -2.09. The minimum absolute atomic E-state index is 0.0246. The molecule has 0 fully saturated rings. The maximum atomic E-state index is 11.7. The SMILES string of the molecule is COC(C)CCC(=O)NCc1sccc1C#CCCO. The van der Waals surface area contributed by atoms with E-state index in [9.17, 15) is 4.79 Å². The quantitative estimate of drug-likeness (QED) is 0.756. The molecule has 0 bridgehead atoms. The van der Waals surface area contributed by atoms with Crippen molar-refractivity contribution in [2.75, 3.05) is 13.7 Å². The number of amides is 1. The van der Waals surface area contributed by atoms with Crippen LogP contribution in [0, 0.1) is 11.8 Å². The average molecular weight is 295 g/mol. The predicted octanol–water partition coefficient (Wildman–Crippen LogP) is 1.91. The molecule has 0 spiro atoms. The van der Waals surface area contributed by atoms with E-state index in [2.05, 4.69) is 17.2 Å². The third-order valence-corrected chi connectivity index (χ3v) is 3.75. The first-order valence-electron chi connectivity index (χ1n) is 6.63. The fourth-order valence-electron chi connectivity index (χ4n) is 1.52. The van der Waals surface area contributed by atoms with E-state index in [1.54, 1.807) is 18.4 Å². The van der Waals surface area contributed by atoms with E-state index in [4.69, 9.17) is 9.84 Å². The second-order valence-electron chi connectivity index (χ2n) is 4.39. The van der Waals surface area contributed by atoms with Crippen molar-refractivity contribution >= 4 is 17.2 Å². The molecule has 110 valence electrons. The first kappa shape index (κ1) is 16.7. The van der Waals surface area contributed by atoms with Crippen molar-refractivity contribution in [1.29, 1.82) is 0 Å². The molecule has 0 aliphatic carbocycles. The van der Waals surface area contributed by atoms with Gasteiger partial charge in [-0.3, -0.25) is 4.79 Å². The Kier molecular flexibility index (Phi) is 7.97. The molecule has 0 saturated carbocycles. The van der Waals surface area contributed by atoms with Crippen LogP contribution < -0.4 is 5.32 Å². The molecule has 0 radical (unpaired) electrons. The minimum atomic E-state index is 0.0246. The minimum Gasteiger partial charge on any atom is -0.395 e. The van der Waals surface area contributed by atoms with Gasteiger partial charge in [-0.15, -0.1) is 11.3 Å². The summed E-state index contributed by atoms with van der Waals surface area (Å²) in [5.74, 6) is 5.92. The van der Waals surface area contributed by atoms with Crippen molar-refractivity contribution < 1.29 is 14.6 Å². The Balaban J connectivity index is 2.40. The molecule has 1 unspecified atom stereocenters. The van der Waals surface area contributed by atoms with E-state index in [0.717, 1.165) is 16.9 Å². The number of nitrogens with one attached hydrogen (secondary N) is 1. The van der Waals surface area contributed by atoms with Crippen molar-refractivity contribution in [2.45, 2.75) is 38.8 Å². The molecule has 20 heavy (non-hydrogen) atoms. The third-order valence-electron chi connectivity index (χ3n) is 2.83. The Labute approximate surface area is 124 Å². The Morgan fingerprint density at radius 2 is 2.40 bits per heavy atom. The second kappa shape index (κ2) is 9.54. The van der Waals surface area contributed by atoms with Crippen molar-refractivity contribution in [3.63, 3.8) is 0 Å². The highest BCUT2D eigenvalue weighted by Crippen LogP contribution is 2.15. The first-order chi connectivity index (χ1) is 9.67. The molecule has 1 aromatic heterocycles. The lowest BCUT2D eigenvalue weighted by Crippen LogP contribution is -2.23. The fraction of sp³-hybridized carbons (Fsp3) is 0.533. The van der Waals surface area contributed by atoms with E-state index in [1.807, 2.05) is 18.4 Å². The van der Waals surface area contributed by atoms with Gasteiger partial charge >= 0.3 is 0 Å². The van der Waals surface area contributed by atoms with Gasteiger partial charge in [0.1, 0.15) is 0 Å². The molecule has 0 aliphatic heterocycles. The van der Waals surface area contributed by atoms with Crippen LogP contribution in [0.4, 0.5) is 0 Å². The number of thiophene rings is 1. The zero-order valence-corrected chi connectivity index (χ0v) is 12.8. The number of methoxy groups -OCH3 is 1. The summed E-state index contributed by atoms with van der Waals surface area (Å²) in [5.41, 5.74) is 0.925. The highest BCUT2D eigenvalue weighted by atomic mass is 32.1. The van der Waals surface area contributed by atoms with Crippen LogP contribution in [0.5, 0.6) is 0 Å². The van der Waals surface area contributed by atoms with E-state index in [0.29, 0.717) is 19.4 Å². The van der Waals surface area contributed by atoms with Crippen molar-refractivity contribution in [1.82, 2.24) is 5.32 Å². The second-order valence-corrected chi connectivity index (χ2v) is 5.40. The number of carbonyl (C=O) groups is 1. The average Bonchev–Trinajstić information content (AvgIpc) is 2.90. The van der Waals surface area contributed by atoms with Crippen molar-refractivity contribution in [3.8, 4) is 11.8 Å². The number of hydrogen-bond acceptors (Lipinski definition) is 4. The highest BCUT2D eigenvalue weighted by Gasteiger charge is 2.07. The van der Waals surface area contributed by atoms with Crippen LogP contribution in [0.15, 0.2) is 11.4 Å². The molecule has 1 rings (SSSR count). The van der Waals surface area contributed by atoms with Gasteiger partial charge < -0.3 is 15.2 Å². The standard InChI is InChI=1S/C15H21NO3S/c1-12(19-2)6-7-15(18)16-11-14-13(8-10-20-14)5-3-4-9-17/h8,10,12,17H,4,6-7,9,11H2,1-2H3,(H,16,18). The number of ether oxygens (including phenoxy) is 1. The van der Waals surface area contributed by atoms with Gasteiger partial charge in [0.05, 0.1) is 19.3 Å². The zero-order chi connectivity index (χ0) is 14.8. The Morgan fingerprint density at radius 3 is 3.10 bits per heavy atom. The van der Waals surface area contributed by atoms with Crippen molar-refractivity contribution in [2.24, 2.45) is 0 Å². The molecule has 0 aromatic carbocycles. The highest BCUT2D eigenvalue weighted by molar-refractivity contribution is 7.10. The molecule has 0 saturated heterocycles. The topological polar surface area (TPSA) is 58.6 Å². The summed E-state index contributed by atoms with van der Waals surface area (Å²) >= 11 is 1.57. The van der Waals surface area contributed by atoms with Gasteiger partial charge in [-0.1, -0.05) is 11.8 Å². The molecule has 5 heteroatoms. The lowest BCUT2D eigenvalue weighted by atomic mass is 10.2. The third kappa shape index (κ3) is 6.20. The van der Waals surface area contributed by atoms with Crippen LogP contribution in [0.1, 0.15) is 36.6 Å². The molecule has 1 aromatic rings. The molecule has 1 atom stereocenters. The number of aliphatic hydroxyl groups excluding tert-OH is 1. The van der Waals surface area contributed by atoms with Gasteiger partial charge in [-0.25, -0.2) is 0 Å². The van der Waals surface area contributed by atoms with E-state index in [1.165, 1.54) is 0 Å². The van der Waals surface area contributed by atoms with Crippen LogP contribution in [0.25, 0.3) is 0 Å². The van der Waals surface area contributed by atoms with Gasteiger partial charge in [0.25, 0.3) is 0 Å². The zero-order valence-electron chi connectivity index (χ0n) is 11.9. The molecule has 4 nitrogen and oxygen atoms in total. The molecule has 1 amide bonds. The normalized spacial score (nSPS) is 11.6. The summed E-state index contributed by atoms with van der Waals surface area (Å²) in [7, 11) is 1.64. The Bertz CT molecular complexity index is 473. The van der Waals surface area contributed by atoms with E-state index >= 15 is 0 Å². The van der Waals surface area contributed by atoms with E-state index < -0.39 is 0 Å². The summed E-state index contributed by atoms with van der Waals surface area (Å²) in [4.78, 5) is 12.7. The van der Waals surface area contributed by atoms with Crippen LogP contribution in [-0.2, 0) is 16.1 Å². The Morgan fingerprint density at radius 1 is 1.60 bits per heavy atom. The molecule has 1 heterocycles. The first-order valence-corrected chi connectivity index (χ1v) is 7.51. The molecule has 2 N–H and O–H groups in total. The van der Waals surface area contributed by atoms with Gasteiger partial charge in [-0.2, -0.15) is 0 Å². The van der Waals surface area contributed by atoms with Crippen LogP contribution in [0.3, 0.4) is 0 Å². The maximum Gasteiger partial charge on any atom is 0.220 e. The number of hydrogen-bond donors (Lipinski definition) is 2.